The minimum Gasteiger partial charge on any atom is -0.361 e. The Morgan fingerprint density at radius 2 is 1.34 bits per heavy atom. The Kier molecular flexibility index (Phi) is 7.43. The fraction of sp³-hybridized carbons (Fsp3) is 0.115. The highest BCUT2D eigenvalue weighted by Crippen LogP contribution is 2.36. The molecule has 2 nitrogen and oxygen atoms in total. The van der Waals surface area contributed by atoms with Gasteiger partial charge in [-0.1, -0.05) is 66.7 Å². The van der Waals surface area contributed by atoms with Crippen LogP contribution in [0.5, 0.6) is 0 Å². The molecule has 0 amide bonds. The van der Waals surface area contributed by atoms with Crippen molar-refractivity contribution >= 4 is 35.6 Å². The van der Waals surface area contributed by atoms with Crippen LogP contribution in [0.1, 0.15) is 24.8 Å². The number of anilines is 1. The third kappa shape index (κ3) is 5.46. The summed E-state index contributed by atoms with van der Waals surface area (Å²) in [4.78, 5) is 4.73. The van der Waals surface area contributed by atoms with Gasteiger partial charge in [0.1, 0.15) is 0 Å². The summed E-state index contributed by atoms with van der Waals surface area (Å²) in [6, 6.07) is 31.1. The van der Waals surface area contributed by atoms with Crippen LogP contribution in [-0.4, -0.2) is 6.21 Å². The lowest BCUT2D eigenvalue weighted by atomic mass is 9.84. The SMILES string of the molecule is C(=Nc1ccccc1)C1=C(c2ccccc2)/C(=C\Nc2ccccc2)CCC1.Cl. The Bertz CT molecular complexity index is 991. The lowest BCUT2D eigenvalue weighted by Gasteiger charge is -2.22. The fourth-order valence-corrected chi connectivity index (χ4v) is 3.55. The second-order valence-electron chi connectivity index (χ2n) is 6.89. The van der Waals surface area contributed by atoms with Crippen LogP contribution in [0, 0.1) is 0 Å². The summed E-state index contributed by atoms with van der Waals surface area (Å²) < 4.78 is 0. The van der Waals surface area contributed by atoms with Gasteiger partial charge in [-0.2, -0.15) is 0 Å². The normalized spacial score (nSPS) is 15.4. The molecule has 0 saturated carbocycles. The lowest BCUT2D eigenvalue weighted by Crippen LogP contribution is -2.06. The maximum atomic E-state index is 4.73. The topological polar surface area (TPSA) is 24.4 Å². The van der Waals surface area contributed by atoms with Gasteiger partial charge in [0.25, 0.3) is 0 Å². The summed E-state index contributed by atoms with van der Waals surface area (Å²) in [5.74, 6) is 0. The van der Waals surface area contributed by atoms with Gasteiger partial charge in [0.15, 0.2) is 0 Å². The largest absolute Gasteiger partial charge is 0.361 e. The third-order valence-corrected chi connectivity index (χ3v) is 4.91. The van der Waals surface area contributed by atoms with Gasteiger partial charge in [0.05, 0.1) is 5.69 Å². The average molecular weight is 401 g/mol. The van der Waals surface area contributed by atoms with Gasteiger partial charge in [0.2, 0.25) is 0 Å². The van der Waals surface area contributed by atoms with Gasteiger partial charge >= 0.3 is 0 Å². The van der Waals surface area contributed by atoms with Crippen molar-refractivity contribution in [3.8, 4) is 0 Å². The maximum absolute atomic E-state index is 4.73. The zero-order valence-electron chi connectivity index (χ0n) is 16.3. The van der Waals surface area contributed by atoms with E-state index in [1.807, 2.05) is 54.7 Å². The molecule has 3 heteroatoms. The second-order valence-corrected chi connectivity index (χ2v) is 6.89. The van der Waals surface area contributed by atoms with Crippen LogP contribution in [0.2, 0.25) is 0 Å². The highest BCUT2D eigenvalue weighted by molar-refractivity contribution is 5.98. The number of rotatable bonds is 5. The summed E-state index contributed by atoms with van der Waals surface area (Å²) in [7, 11) is 0. The molecule has 0 saturated heterocycles. The van der Waals surface area contributed by atoms with Gasteiger partial charge in [0, 0.05) is 18.1 Å². The maximum Gasteiger partial charge on any atom is 0.0629 e. The van der Waals surface area contributed by atoms with Gasteiger partial charge in [-0.25, -0.2) is 0 Å². The molecule has 3 aromatic rings. The molecule has 0 bridgehead atoms. The number of para-hydroxylation sites is 2. The van der Waals surface area contributed by atoms with Gasteiger partial charge < -0.3 is 5.32 Å². The van der Waals surface area contributed by atoms with E-state index >= 15 is 0 Å². The van der Waals surface area contributed by atoms with E-state index < -0.39 is 0 Å². The van der Waals surface area contributed by atoms with Crippen molar-refractivity contribution < 1.29 is 0 Å². The number of nitrogens with one attached hydrogen (secondary N) is 1. The molecule has 0 radical (unpaired) electrons. The molecule has 29 heavy (non-hydrogen) atoms. The van der Waals surface area contributed by atoms with Gasteiger partial charge in [-0.3, -0.25) is 4.99 Å². The Balaban J connectivity index is 0.00000240. The van der Waals surface area contributed by atoms with Crippen molar-refractivity contribution in [3.63, 3.8) is 0 Å². The summed E-state index contributed by atoms with van der Waals surface area (Å²) in [5.41, 5.74) is 7.26. The standard InChI is InChI=1S/C26H24N2.ClH/c1-4-11-21(12-5-1)26-22(19-27-24-15-6-2-7-16-24)13-10-14-23(26)20-28-25-17-8-3-9-18-25;/h1-9,11-12,15-20,27H,10,13-14H2;1H/b22-19-,28-20?;. The first kappa shape index (κ1) is 20.6. The summed E-state index contributed by atoms with van der Waals surface area (Å²) >= 11 is 0. The van der Waals surface area contributed by atoms with Crippen molar-refractivity contribution in [2.24, 2.45) is 4.99 Å². The molecule has 0 aromatic heterocycles. The quantitative estimate of drug-likeness (QED) is 0.442. The van der Waals surface area contributed by atoms with Crippen LogP contribution < -0.4 is 5.32 Å². The van der Waals surface area contributed by atoms with Crippen LogP contribution in [0.3, 0.4) is 0 Å². The number of halogens is 1. The van der Waals surface area contributed by atoms with Gasteiger partial charge in [-0.15, -0.1) is 12.4 Å². The molecule has 1 aliphatic carbocycles. The van der Waals surface area contributed by atoms with Crippen LogP contribution in [0.4, 0.5) is 11.4 Å². The Labute approximate surface area is 179 Å². The molecule has 146 valence electrons. The molecular formula is C26H25ClN2. The van der Waals surface area contributed by atoms with Crippen molar-refractivity contribution in [2.45, 2.75) is 19.3 Å². The summed E-state index contributed by atoms with van der Waals surface area (Å²) in [6.45, 7) is 0. The van der Waals surface area contributed by atoms with E-state index in [-0.39, 0.29) is 12.4 Å². The number of hydrogen-bond acceptors (Lipinski definition) is 2. The van der Waals surface area contributed by atoms with Crippen molar-refractivity contribution in [1.29, 1.82) is 0 Å². The molecule has 1 aliphatic rings. The first-order chi connectivity index (χ1) is 13.9. The van der Waals surface area contributed by atoms with E-state index in [2.05, 4.69) is 54.0 Å². The molecular weight excluding hydrogens is 376 g/mol. The average Bonchev–Trinajstić information content (AvgIpc) is 2.78. The number of benzene rings is 3. The zero-order chi connectivity index (χ0) is 19.0. The molecule has 0 heterocycles. The minimum absolute atomic E-state index is 0. The molecule has 0 atom stereocenters. The monoisotopic (exact) mass is 400 g/mol. The van der Waals surface area contributed by atoms with E-state index in [1.165, 1.54) is 22.3 Å². The Morgan fingerprint density at radius 3 is 2.03 bits per heavy atom. The van der Waals surface area contributed by atoms with Crippen molar-refractivity contribution in [2.75, 3.05) is 5.32 Å². The Morgan fingerprint density at radius 1 is 0.724 bits per heavy atom. The molecule has 3 aromatic carbocycles. The van der Waals surface area contributed by atoms with E-state index in [9.17, 15) is 0 Å². The summed E-state index contributed by atoms with van der Waals surface area (Å²) in [6.07, 6.45) is 7.45. The van der Waals surface area contributed by atoms with Gasteiger partial charge in [-0.05, 0) is 65.8 Å². The molecule has 0 aliphatic heterocycles. The van der Waals surface area contributed by atoms with Crippen LogP contribution in [0.25, 0.3) is 5.57 Å². The number of hydrogen-bond donors (Lipinski definition) is 1. The zero-order valence-corrected chi connectivity index (χ0v) is 17.1. The van der Waals surface area contributed by atoms with E-state index in [1.54, 1.807) is 0 Å². The second kappa shape index (κ2) is 10.4. The molecule has 0 unspecified atom stereocenters. The third-order valence-electron chi connectivity index (χ3n) is 4.91. The summed E-state index contributed by atoms with van der Waals surface area (Å²) in [5, 5.41) is 3.47. The minimum atomic E-state index is 0. The lowest BCUT2D eigenvalue weighted by molar-refractivity contribution is 0.813. The van der Waals surface area contributed by atoms with E-state index in [4.69, 9.17) is 4.99 Å². The van der Waals surface area contributed by atoms with Crippen LogP contribution in [0.15, 0.2) is 113 Å². The predicted molar refractivity (Wildman–Crippen MR) is 127 cm³/mol. The number of aliphatic imine (C=N–C) groups is 1. The smallest absolute Gasteiger partial charge is 0.0629 e. The van der Waals surface area contributed by atoms with Crippen molar-refractivity contribution in [3.05, 3.63) is 114 Å². The first-order valence-electron chi connectivity index (χ1n) is 9.79. The first-order valence-corrected chi connectivity index (χ1v) is 9.79. The number of nitrogens with zero attached hydrogens (tertiary/aromatic N) is 1. The van der Waals surface area contributed by atoms with Crippen molar-refractivity contribution in [1.82, 2.24) is 0 Å². The molecule has 1 N–H and O–H groups in total. The fourth-order valence-electron chi connectivity index (χ4n) is 3.55. The predicted octanol–water partition coefficient (Wildman–Crippen LogP) is 7.44. The van der Waals surface area contributed by atoms with E-state index in [0.29, 0.717) is 0 Å². The van der Waals surface area contributed by atoms with E-state index in [0.717, 1.165) is 30.6 Å². The Hall–Kier alpha value is -3.10. The van der Waals surface area contributed by atoms with Crippen LogP contribution >= 0.6 is 12.4 Å². The molecule has 0 spiro atoms. The van der Waals surface area contributed by atoms with Crippen LogP contribution in [-0.2, 0) is 0 Å². The highest BCUT2D eigenvalue weighted by Gasteiger charge is 2.18. The number of allylic oxidation sites excluding steroid dienone is 3. The molecule has 4 rings (SSSR count). The molecule has 0 fully saturated rings. The highest BCUT2D eigenvalue weighted by atomic mass is 35.5.